The van der Waals surface area contributed by atoms with Gasteiger partial charge in [-0.25, -0.2) is 8.78 Å². The molecule has 0 aliphatic carbocycles. The van der Waals surface area contributed by atoms with Gasteiger partial charge in [0, 0.05) is 42.3 Å². The van der Waals surface area contributed by atoms with Crippen LogP contribution in [0.25, 0.3) is 33.2 Å². The van der Waals surface area contributed by atoms with E-state index < -0.39 is 17.4 Å². The van der Waals surface area contributed by atoms with Crippen LogP contribution in [0.2, 0.25) is 0 Å². The number of carbonyl (C=O) groups excluding carboxylic acids is 1. The Morgan fingerprint density at radius 3 is 2.69 bits per heavy atom. The van der Waals surface area contributed by atoms with Crippen molar-refractivity contribution in [2.75, 3.05) is 20.1 Å². The summed E-state index contributed by atoms with van der Waals surface area (Å²) in [5, 5.41) is 14.3. The number of fused-ring (bicyclic) bond motifs is 1. The van der Waals surface area contributed by atoms with Gasteiger partial charge in [0.2, 0.25) is 0 Å². The minimum Gasteiger partial charge on any atom is -0.504 e. The Bertz CT molecular complexity index is 1440. The predicted molar refractivity (Wildman–Crippen MR) is 137 cm³/mol. The number of aromatic nitrogens is 1. The molecule has 0 unspecified atom stereocenters. The van der Waals surface area contributed by atoms with E-state index in [9.17, 15) is 18.7 Å². The first-order valence-electron chi connectivity index (χ1n) is 12.0. The van der Waals surface area contributed by atoms with E-state index in [2.05, 4.69) is 10.3 Å². The molecule has 0 saturated carbocycles. The molecule has 1 amide bonds. The van der Waals surface area contributed by atoms with E-state index in [4.69, 9.17) is 0 Å². The molecule has 0 bridgehead atoms. The van der Waals surface area contributed by atoms with Gasteiger partial charge < -0.3 is 15.3 Å². The molecule has 1 aliphatic heterocycles. The van der Waals surface area contributed by atoms with E-state index in [1.807, 2.05) is 6.07 Å². The van der Waals surface area contributed by atoms with Crippen LogP contribution in [-0.4, -0.2) is 47.1 Å². The fourth-order valence-electron chi connectivity index (χ4n) is 4.97. The van der Waals surface area contributed by atoms with Gasteiger partial charge in [-0.1, -0.05) is 24.3 Å². The third kappa shape index (κ3) is 4.54. The summed E-state index contributed by atoms with van der Waals surface area (Å²) in [7, 11) is 1.76. The molecule has 0 spiro atoms. The van der Waals surface area contributed by atoms with Crippen LogP contribution in [0.15, 0.2) is 60.8 Å². The number of likely N-dealkylation sites (N-methyl/N-ethyl adjacent to an activating group) is 1. The van der Waals surface area contributed by atoms with Gasteiger partial charge in [0.05, 0.1) is 11.1 Å². The summed E-state index contributed by atoms with van der Waals surface area (Å²) in [5.74, 6) is -1.80. The van der Waals surface area contributed by atoms with E-state index in [-0.39, 0.29) is 11.9 Å². The molecule has 1 aliphatic rings. The lowest BCUT2D eigenvalue weighted by Crippen LogP contribution is -2.38. The minimum atomic E-state index is -0.727. The van der Waals surface area contributed by atoms with Crippen LogP contribution < -0.4 is 5.32 Å². The molecule has 2 N–H and O–H groups in total. The van der Waals surface area contributed by atoms with E-state index in [1.54, 1.807) is 49.3 Å². The Morgan fingerprint density at radius 2 is 1.94 bits per heavy atom. The Hall–Kier alpha value is -3.84. The lowest BCUT2D eigenvalue weighted by Gasteiger charge is -2.24. The van der Waals surface area contributed by atoms with Gasteiger partial charge >= 0.3 is 0 Å². The number of phenols is 1. The highest BCUT2D eigenvalue weighted by Gasteiger charge is 2.25. The number of nitrogens with one attached hydrogen (secondary N) is 1. The summed E-state index contributed by atoms with van der Waals surface area (Å²) >= 11 is 0. The van der Waals surface area contributed by atoms with Crippen molar-refractivity contribution in [1.82, 2.24) is 15.2 Å². The van der Waals surface area contributed by atoms with Crippen molar-refractivity contribution in [3.8, 4) is 28.0 Å². The molecule has 4 aromatic rings. The maximum Gasteiger partial charge on any atom is 0.255 e. The van der Waals surface area contributed by atoms with E-state index in [0.717, 1.165) is 24.9 Å². The number of rotatable bonds is 5. The summed E-state index contributed by atoms with van der Waals surface area (Å²) in [6.45, 7) is 3.26. The number of aromatic hydroxyl groups is 1. The first-order valence-corrected chi connectivity index (χ1v) is 12.0. The number of hydrogen-bond acceptors (Lipinski definition) is 4. The summed E-state index contributed by atoms with van der Waals surface area (Å²) < 4.78 is 28.5. The Morgan fingerprint density at radius 1 is 1.11 bits per heavy atom. The van der Waals surface area contributed by atoms with Crippen molar-refractivity contribution in [3.05, 3.63) is 83.6 Å². The van der Waals surface area contributed by atoms with Crippen molar-refractivity contribution in [1.29, 1.82) is 0 Å². The summed E-state index contributed by atoms with van der Waals surface area (Å²) in [6, 6.07) is 14.4. The minimum absolute atomic E-state index is 0.214. The Labute approximate surface area is 208 Å². The molecule has 0 radical (unpaired) electrons. The molecular weight excluding hydrogens is 460 g/mol. The van der Waals surface area contributed by atoms with Crippen LogP contribution in [0.1, 0.15) is 28.8 Å². The van der Waals surface area contributed by atoms with Crippen LogP contribution >= 0.6 is 0 Å². The lowest BCUT2D eigenvalue weighted by atomic mass is 9.93. The van der Waals surface area contributed by atoms with Crippen molar-refractivity contribution >= 4 is 16.8 Å². The molecule has 184 valence electrons. The summed E-state index contributed by atoms with van der Waals surface area (Å²) in [6.07, 6.45) is 3.66. The number of pyridine rings is 1. The van der Waals surface area contributed by atoms with E-state index in [0.29, 0.717) is 45.3 Å². The van der Waals surface area contributed by atoms with Gasteiger partial charge in [-0.2, -0.15) is 0 Å². The lowest BCUT2D eigenvalue weighted by molar-refractivity contribution is 0.0786. The fourth-order valence-corrected chi connectivity index (χ4v) is 4.97. The topological polar surface area (TPSA) is 65.5 Å². The molecule has 1 saturated heterocycles. The molecular formula is C29H27F2N3O2. The van der Waals surface area contributed by atoms with Crippen molar-refractivity contribution < 1.29 is 18.7 Å². The first-order chi connectivity index (χ1) is 17.3. The normalized spacial score (nSPS) is 15.4. The zero-order valence-electron chi connectivity index (χ0n) is 20.2. The van der Waals surface area contributed by atoms with Gasteiger partial charge in [0.15, 0.2) is 11.6 Å². The fraction of sp³-hybridized carbons (Fsp3) is 0.241. The third-order valence-electron chi connectivity index (χ3n) is 6.74. The molecule has 5 rings (SSSR count). The summed E-state index contributed by atoms with van der Waals surface area (Å²) in [5.41, 5.74) is 3.61. The third-order valence-corrected chi connectivity index (χ3v) is 6.74. The number of hydrogen-bond donors (Lipinski definition) is 2. The first kappa shape index (κ1) is 23.9. The highest BCUT2D eigenvalue weighted by atomic mass is 19.1. The Kier molecular flexibility index (Phi) is 6.41. The number of benzene rings is 3. The number of nitrogens with zero attached hydrogens (tertiary/aromatic N) is 2. The zero-order chi connectivity index (χ0) is 25.4. The average molecular weight is 488 g/mol. The van der Waals surface area contributed by atoms with Crippen LogP contribution in [0.4, 0.5) is 8.78 Å². The van der Waals surface area contributed by atoms with Gasteiger partial charge in [0.1, 0.15) is 5.82 Å². The maximum absolute atomic E-state index is 14.4. The van der Waals surface area contributed by atoms with E-state index in [1.165, 1.54) is 24.3 Å². The monoisotopic (exact) mass is 487 g/mol. The van der Waals surface area contributed by atoms with Crippen LogP contribution in [-0.2, 0) is 0 Å². The number of phenolic OH excluding ortho intramolecular Hbond substituents is 1. The van der Waals surface area contributed by atoms with Crippen molar-refractivity contribution in [2.45, 2.75) is 25.8 Å². The molecule has 1 atom stereocenters. The zero-order valence-corrected chi connectivity index (χ0v) is 20.2. The molecule has 7 heteroatoms. The molecule has 3 aromatic carbocycles. The quantitative estimate of drug-likeness (QED) is 0.380. The number of amides is 1. The second-order valence-electron chi connectivity index (χ2n) is 9.41. The molecule has 36 heavy (non-hydrogen) atoms. The number of halogens is 2. The van der Waals surface area contributed by atoms with Gasteiger partial charge in [-0.15, -0.1) is 0 Å². The summed E-state index contributed by atoms with van der Waals surface area (Å²) in [4.78, 5) is 20.2. The van der Waals surface area contributed by atoms with Crippen molar-refractivity contribution in [2.24, 2.45) is 0 Å². The number of para-hydroxylation sites is 1. The van der Waals surface area contributed by atoms with Gasteiger partial charge in [-0.3, -0.25) is 9.78 Å². The largest absolute Gasteiger partial charge is 0.504 e. The molecule has 2 heterocycles. The SMILES string of the molecule is Cc1cc(F)cc(-c2cnc3ccc(-c4cccc(F)c4O)cc3c2C(=O)N(C)C[C@@H]2CCCN2)c1. The molecule has 1 fully saturated rings. The van der Waals surface area contributed by atoms with Gasteiger partial charge in [-0.05, 0) is 73.3 Å². The smallest absolute Gasteiger partial charge is 0.255 e. The Balaban J connectivity index is 1.71. The predicted octanol–water partition coefficient (Wildman–Crippen LogP) is 5.69. The molecule has 1 aromatic heterocycles. The highest BCUT2D eigenvalue weighted by Crippen LogP contribution is 2.36. The number of carbonyl (C=O) groups is 1. The molecule has 5 nitrogen and oxygen atoms in total. The van der Waals surface area contributed by atoms with Crippen LogP contribution in [0, 0.1) is 18.6 Å². The standard InChI is InChI=1S/C29H27F2N3O2/c1-17-11-19(13-20(30)12-17)24-15-33-26-9-8-18(22-6-3-7-25(31)28(22)35)14-23(26)27(24)29(36)34(2)16-21-5-4-10-32-21/h3,6-9,11-15,21,32,35H,4-5,10,16H2,1-2H3/t21-/m0/s1. The van der Waals surface area contributed by atoms with Crippen LogP contribution in [0.5, 0.6) is 5.75 Å². The van der Waals surface area contributed by atoms with E-state index >= 15 is 0 Å². The van der Waals surface area contributed by atoms with Crippen LogP contribution in [0.3, 0.4) is 0 Å². The highest BCUT2D eigenvalue weighted by molar-refractivity contribution is 6.12. The maximum atomic E-state index is 14.4. The van der Waals surface area contributed by atoms with Crippen molar-refractivity contribution in [3.63, 3.8) is 0 Å². The second-order valence-corrected chi connectivity index (χ2v) is 9.41. The second kappa shape index (κ2) is 9.66. The average Bonchev–Trinajstić information content (AvgIpc) is 3.36. The number of aryl methyl sites for hydroxylation is 1. The van der Waals surface area contributed by atoms with Gasteiger partial charge in [0.25, 0.3) is 5.91 Å².